The first-order chi connectivity index (χ1) is 17.7. The summed E-state index contributed by atoms with van der Waals surface area (Å²) in [5.74, 6) is -57.0. The fourth-order valence-electron chi connectivity index (χ4n) is 2.59. The van der Waals surface area contributed by atoms with E-state index in [1.165, 1.54) is 0 Å². The zero-order chi connectivity index (χ0) is 32.1. The third kappa shape index (κ3) is 7.53. The van der Waals surface area contributed by atoms with Crippen molar-refractivity contribution in [1.82, 2.24) is 0 Å². The van der Waals surface area contributed by atoms with Crippen molar-refractivity contribution >= 4 is 0 Å². The van der Waals surface area contributed by atoms with Gasteiger partial charge < -0.3 is 19.3 Å². The van der Waals surface area contributed by atoms with Gasteiger partial charge in [0.2, 0.25) is 0 Å². The van der Waals surface area contributed by atoms with Gasteiger partial charge in [-0.3, -0.25) is 0 Å². The minimum Gasteiger partial charge on any atom is -0.390 e. The number of ether oxygens (including phenoxy) is 3. The second kappa shape index (κ2) is 13.3. The lowest BCUT2D eigenvalue weighted by atomic mass is 9.88. The number of unbranched alkanes of at least 4 members (excludes halogenated alkanes) is 1. The van der Waals surface area contributed by atoms with Crippen LogP contribution in [0, 0.1) is 0 Å². The molecule has 0 aromatic rings. The molecule has 0 saturated heterocycles. The van der Waals surface area contributed by atoms with Crippen molar-refractivity contribution < 1.29 is 94.0 Å². The Hall–Kier alpha value is -1.35. The topological polar surface area (TPSA) is 47.9 Å². The highest BCUT2D eigenvalue weighted by Gasteiger charge is 2.95. The van der Waals surface area contributed by atoms with Crippen LogP contribution in [-0.2, 0) is 14.2 Å². The number of aliphatic hydroxyl groups excluding tert-OH is 1. The molecular formula is C19H23F17O4. The smallest absolute Gasteiger partial charge is 0.390 e. The van der Waals surface area contributed by atoms with Gasteiger partial charge in [0.1, 0.15) is 0 Å². The molecule has 0 heterocycles. The van der Waals surface area contributed by atoms with Crippen LogP contribution >= 0.6 is 0 Å². The monoisotopic (exact) mass is 638 g/mol. The molecule has 1 atom stereocenters. The van der Waals surface area contributed by atoms with E-state index >= 15 is 0 Å². The summed E-state index contributed by atoms with van der Waals surface area (Å²) >= 11 is 0. The van der Waals surface area contributed by atoms with Gasteiger partial charge in [-0.25, -0.2) is 0 Å². The molecule has 0 aliphatic heterocycles. The predicted molar refractivity (Wildman–Crippen MR) is 98.7 cm³/mol. The molecule has 0 fully saturated rings. The van der Waals surface area contributed by atoms with Crippen molar-refractivity contribution in [3.63, 3.8) is 0 Å². The molecule has 242 valence electrons. The fraction of sp³-hybridized carbons (Fsp3) is 1.00. The Kier molecular flexibility index (Phi) is 12.9. The van der Waals surface area contributed by atoms with Crippen molar-refractivity contribution in [2.75, 3.05) is 39.6 Å². The summed E-state index contributed by atoms with van der Waals surface area (Å²) in [6.45, 7) is 0.102. The molecule has 21 heteroatoms. The van der Waals surface area contributed by atoms with Crippen molar-refractivity contribution in [3.05, 3.63) is 0 Å². The lowest BCUT2D eigenvalue weighted by Gasteiger charge is -2.43. The van der Waals surface area contributed by atoms with Gasteiger partial charge in [-0.2, -0.15) is 74.6 Å². The lowest BCUT2D eigenvalue weighted by Crippen LogP contribution is -2.74. The highest BCUT2D eigenvalue weighted by atomic mass is 19.4. The first-order valence-corrected chi connectivity index (χ1v) is 10.8. The van der Waals surface area contributed by atoms with Crippen LogP contribution in [0.5, 0.6) is 0 Å². The summed E-state index contributed by atoms with van der Waals surface area (Å²) in [6.07, 6.45) is -12.1. The molecule has 1 unspecified atom stereocenters. The van der Waals surface area contributed by atoms with Gasteiger partial charge in [0.05, 0.1) is 39.1 Å². The van der Waals surface area contributed by atoms with E-state index in [2.05, 4.69) is 4.74 Å². The van der Waals surface area contributed by atoms with Gasteiger partial charge in [0.15, 0.2) is 0 Å². The molecule has 0 aromatic heterocycles. The van der Waals surface area contributed by atoms with Crippen LogP contribution in [0.25, 0.3) is 0 Å². The predicted octanol–water partition coefficient (Wildman–Crippen LogP) is 6.60. The first kappa shape index (κ1) is 38.6. The van der Waals surface area contributed by atoms with Crippen molar-refractivity contribution in [3.8, 4) is 0 Å². The van der Waals surface area contributed by atoms with Crippen molar-refractivity contribution in [2.45, 2.75) is 79.9 Å². The Morgan fingerprint density at radius 1 is 0.500 bits per heavy atom. The molecule has 0 aliphatic carbocycles. The molecule has 40 heavy (non-hydrogen) atoms. The zero-order valence-corrected chi connectivity index (χ0v) is 20.0. The van der Waals surface area contributed by atoms with E-state index in [1.54, 1.807) is 0 Å². The third-order valence-corrected chi connectivity index (χ3v) is 4.98. The van der Waals surface area contributed by atoms with Gasteiger partial charge in [-0.15, -0.1) is 0 Å². The van der Waals surface area contributed by atoms with Crippen LogP contribution in [0.2, 0.25) is 0 Å². The van der Waals surface area contributed by atoms with Gasteiger partial charge >= 0.3 is 47.6 Å². The van der Waals surface area contributed by atoms with Crippen LogP contribution in [0.15, 0.2) is 0 Å². The summed E-state index contributed by atoms with van der Waals surface area (Å²) in [7, 11) is 0. The molecule has 0 aromatic carbocycles. The van der Waals surface area contributed by atoms with Crippen LogP contribution in [0.4, 0.5) is 74.6 Å². The molecule has 0 bridgehead atoms. The summed E-state index contributed by atoms with van der Waals surface area (Å²) in [4.78, 5) is 0. The van der Waals surface area contributed by atoms with E-state index in [0.717, 1.165) is 12.8 Å². The molecule has 1 N–H and O–H groups in total. The SMILES string of the molecule is CCCCOCCOCCOCC(O)CC(F)(F)C(F)(F)C(F)(F)C(F)(F)C(F)(F)C(F)(F)C(F)(F)C(F)(F)F. The van der Waals surface area contributed by atoms with E-state index in [-0.39, 0.29) is 19.8 Å². The normalized spacial score (nSPS) is 16.0. The Bertz CT molecular complexity index is 770. The average Bonchev–Trinajstić information content (AvgIpc) is 2.78. The van der Waals surface area contributed by atoms with Crippen LogP contribution in [-0.4, -0.2) is 98.5 Å². The first-order valence-electron chi connectivity index (χ1n) is 10.8. The number of rotatable bonds is 19. The van der Waals surface area contributed by atoms with E-state index < -0.39 is 73.4 Å². The Balaban J connectivity index is 5.51. The van der Waals surface area contributed by atoms with Crippen LogP contribution in [0.1, 0.15) is 26.2 Å². The van der Waals surface area contributed by atoms with Gasteiger partial charge in [-0.1, -0.05) is 13.3 Å². The summed E-state index contributed by atoms with van der Waals surface area (Å²) in [5, 5.41) is 9.30. The number of hydrogen-bond donors (Lipinski definition) is 1. The molecule has 0 amide bonds. The Morgan fingerprint density at radius 3 is 1.25 bits per heavy atom. The number of hydrogen-bond acceptors (Lipinski definition) is 4. The maximum Gasteiger partial charge on any atom is 0.460 e. The number of halogens is 17. The van der Waals surface area contributed by atoms with Crippen LogP contribution < -0.4 is 0 Å². The van der Waals surface area contributed by atoms with E-state index in [0.29, 0.717) is 6.61 Å². The summed E-state index contributed by atoms with van der Waals surface area (Å²) in [5.41, 5.74) is 0. The van der Waals surface area contributed by atoms with Gasteiger partial charge in [-0.05, 0) is 6.42 Å². The fourth-order valence-corrected chi connectivity index (χ4v) is 2.59. The van der Waals surface area contributed by atoms with E-state index in [9.17, 15) is 79.7 Å². The molecule has 4 nitrogen and oxygen atoms in total. The van der Waals surface area contributed by atoms with Crippen molar-refractivity contribution in [2.24, 2.45) is 0 Å². The van der Waals surface area contributed by atoms with E-state index in [1.807, 2.05) is 6.92 Å². The molecule has 0 saturated carbocycles. The maximum atomic E-state index is 13.8. The van der Waals surface area contributed by atoms with Gasteiger partial charge in [0.25, 0.3) is 0 Å². The minimum atomic E-state index is -8.69. The second-order valence-corrected chi connectivity index (χ2v) is 8.16. The Morgan fingerprint density at radius 2 is 0.850 bits per heavy atom. The maximum absolute atomic E-state index is 13.8. The number of aliphatic hydroxyl groups is 1. The second-order valence-electron chi connectivity index (χ2n) is 8.16. The lowest BCUT2D eigenvalue weighted by molar-refractivity contribution is -0.462. The zero-order valence-electron chi connectivity index (χ0n) is 20.0. The quantitative estimate of drug-likeness (QED) is 0.128. The molecule has 0 radical (unpaired) electrons. The minimum absolute atomic E-state index is 0.0121. The highest BCUT2D eigenvalue weighted by molar-refractivity contribution is 5.15. The highest BCUT2D eigenvalue weighted by Crippen LogP contribution is 2.64. The number of alkyl halides is 17. The van der Waals surface area contributed by atoms with E-state index in [4.69, 9.17) is 9.47 Å². The standard InChI is InChI=1S/C19H23F17O4/c1-2-3-4-38-5-6-39-7-8-40-10-11(37)9-12(20,21)13(22,23)14(24,25)15(26,27)16(28,29)17(30,31)18(32,33)19(34,35)36/h11,37H,2-10H2,1H3. The average molecular weight is 638 g/mol. The third-order valence-electron chi connectivity index (χ3n) is 4.98. The molecular weight excluding hydrogens is 615 g/mol. The summed E-state index contributed by atoms with van der Waals surface area (Å²) in [6, 6.07) is 0. The molecule has 0 aliphatic rings. The van der Waals surface area contributed by atoms with Crippen molar-refractivity contribution in [1.29, 1.82) is 0 Å². The summed E-state index contributed by atoms with van der Waals surface area (Å²) < 4.78 is 239. The van der Waals surface area contributed by atoms with Gasteiger partial charge in [0, 0.05) is 13.0 Å². The molecule has 0 spiro atoms. The molecule has 0 rings (SSSR count). The largest absolute Gasteiger partial charge is 0.460 e. The Labute approximate surface area is 214 Å². The van der Waals surface area contributed by atoms with Crippen LogP contribution in [0.3, 0.4) is 0 Å².